The number of ether oxygens (including phenoxy) is 2. The molecular weight excluding hydrogens is 269 g/mol. The van der Waals surface area contributed by atoms with Crippen molar-refractivity contribution in [3.8, 4) is 0 Å². The summed E-state index contributed by atoms with van der Waals surface area (Å²) in [7, 11) is 0. The minimum absolute atomic E-state index is 0.235. The summed E-state index contributed by atoms with van der Waals surface area (Å²) in [6.45, 7) is 5.48. The maximum atomic E-state index is 12.8. The zero-order valence-corrected chi connectivity index (χ0v) is 11.1. The summed E-state index contributed by atoms with van der Waals surface area (Å²) in [6.07, 6.45) is -7.08. The summed E-state index contributed by atoms with van der Waals surface area (Å²) in [5.41, 5.74) is -4.30. The van der Waals surface area contributed by atoms with Crippen molar-refractivity contribution in [2.45, 2.75) is 58.1 Å². The van der Waals surface area contributed by atoms with Crippen LogP contribution in [-0.4, -0.2) is 41.0 Å². The number of esters is 2. The fourth-order valence-corrected chi connectivity index (χ4v) is 0.965. The molecule has 2 atom stereocenters. The third-order valence-electron chi connectivity index (χ3n) is 2.23. The van der Waals surface area contributed by atoms with Gasteiger partial charge in [0.2, 0.25) is 0 Å². The van der Waals surface area contributed by atoms with Gasteiger partial charge >= 0.3 is 23.7 Å². The summed E-state index contributed by atoms with van der Waals surface area (Å²) < 4.78 is 46.9. The van der Waals surface area contributed by atoms with Gasteiger partial charge in [-0.05, 0) is 27.2 Å². The first-order valence-corrected chi connectivity index (χ1v) is 5.68. The Morgan fingerprint density at radius 3 is 1.84 bits per heavy atom. The molecule has 0 bridgehead atoms. The van der Waals surface area contributed by atoms with Crippen molar-refractivity contribution >= 4 is 11.9 Å². The van der Waals surface area contributed by atoms with Crippen molar-refractivity contribution in [1.29, 1.82) is 0 Å². The van der Waals surface area contributed by atoms with E-state index in [1.165, 1.54) is 20.8 Å². The molecule has 0 aliphatic rings. The highest BCUT2D eigenvalue weighted by Gasteiger charge is 2.68. The Labute approximate surface area is 108 Å². The Kier molecular flexibility index (Phi) is 5.80. The lowest BCUT2D eigenvalue weighted by Gasteiger charge is -2.28. The van der Waals surface area contributed by atoms with Gasteiger partial charge in [0, 0.05) is 0 Å². The quantitative estimate of drug-likeness (QED) is 0.613. The van der Waals surface area contributed by atoms with Crippen LogP contribution in [0.5, 0.6) is 0 Å². The molecule has 0 aliphatic carbocycles. The average molecular weight is 286 g/mol. The predicted molar refractivity (Wildman–Crippen MR) is 58.1 cm³/mol. The number of aliphatic hydroxyl groups is 1. The molecule has 5 nitrogen and oxygen atoms in total. The fourth-order valence-electron chi connectivity index (χ4n) is 0.965. The van der Waals surface area contributed by atoms with Crippen molar-refractivity contribution in [2.75, 3.05) is 0 Å². The highest BCUT2D eigenvalue weighted by atomic mass is 19.4. The van der Waals surface area contributed by atoms with E-state index in [1.54, 1.807) is 6.92 Å². The van der Waals surface area contributed by atoms with Gasteiger partial charge in [0.1, 0.15) is 0 Å². The minimum atomic E-state index is -5.52. The van der Waals surface area contributed by atoms with Crippen molar-refractivity contribution in [2.24, 2.45) is 0 Å². The number of hydrogen-bond acceptors (Lipinski definition) is 5. The van der Waals surface area contributed by atoms with Crippen LogP contribution in [0.25, 0.3) is 0 Å². The topological polar surface area (TPSA) is 72.8 Å². The van der Waals surface area contributed by atoms with Crippen LogP contribution in [0.1, 0.15) is 34.1 Å². The van der Waals surface area contributed by atoms with Crippen molar-refractivity contribution in [3.63, 3.8) is 0 Å². The van der Waals surface area contributed by atoms with Gasteiger partial charge in [0.15, 0.2) is 0 Å². The molecule has 0 aromatic heterocycles. The van der Waals surface area contributed by atoms with E-state index in [9.17, 15) is 27.9 Å². The molecule has 2 unspecified atom stereocenters. The van der Waals surface area contributed by atoms with E-state index in [1.807, 2.05) is 0 Å². The van der Waals surface area contributed by atoms with Crippen LogP contribution in [0, 0.1) is 0 Å². The highest BCUT2D eigenvalue weighted by molar-refractivity contribution is 6.04. The monoisotopic (exact) mass is 286 g/mol. The summed E-state index contributed by atoms with van der Waals surface area (Å²) in [6, 6.07) is 0. The van der Waals surface area contributed by atoms with E-state index in [0.29, 0.717) is 0 Å². The second-order valence-electron chi connectivity index (χ2n) is 4.29. The fraction of sp³-hybridized carbons (Fsp3) is 0.818. The molecule has 0 aromatic rings. The SMILES string of the molecule is CCC(C)OC(=O)C(O)(C(=O)OC(C)C)C(F)(F)F. The molecule has 0 spiro atoms. The molecular formula is C11H17F3O5. The molecule has 0 aromatic carbocycles. The van der Waals surface area contributed by atoms with Crippen LogP contribution in [0.3, 0.4) is 0 Å². The van der Waals surface area contributed by atoms with Crippen LogP contribution in [-0.2, 0) is 19.1 Å². The maximum Gasteiger partial charge on any atom is 0.439 e. The van der Waals surface area contributed by atoms with Crippen LogP contribution in [0.15, 0.2) is 0 Å². The zero-order valence-electron chi connectivity index (χ0n) is 11.1. The first-order valence-electron chi connectivity index (χ1n) is 5.68. The van der Waals surface area contributed by atoms with Gasteiger partial charge in [-0.25, -0.2) is 9.59 Å². The van der Waals surface area contributed by atoms with E-state index in [0.717, 1.165) is 0 Å². The third-order valence-corrected chi connectivity index (χ3v) is 2.23. The second kappa shape index (κ2) is 6.23. The average Bonchev–Trinajstić information content (AvgIpc) is 2.24. The lowest BCUT2D eigenvalue weighted by molar-refractivity contribution is -0.266. The summed E-state index contributed by atoms with van der Waals surface area (Å²) in [5.74, 6) is -4.18. The van der Waals surface area contributed by atoms with Gasteiger partial charge in [0.05, 0.1) is 12.2 Å². The Morgan fingerprint density at radius 2 is 1.53 bits per heavy atom. The molecule has 112 valence electrons. The first kappa shape index (κ1) is 17.7. The molecule has 8 heteroatoms. The summed E-state index contributed by atoms with van der Waals surface area (Å²) in [4.78, 5) is 22.8. The zero-order chi connectivity index (χ0) is 15.4. The third kappa shape index (κ3) is 4.09. The van der Waals surface area contributed by atoms with E-state index < -0.39 is 35.9 Å². The smallest absolute Gasteiger partial charge is 0.439 e. The largest absolute Gasteiger partial charge is 0.460 e. The van der Waals surface area contributed by atoms with Gasteiger partial charge in [-0.3, -0.25) is 0 Å². The van der Waals surface area contributed by atoms with Gasteiger partial charge in [0.25, 0.3) is 0 Å². The summed E-state index contributed by atoms with van der Waals surface area (Å²) >= 11 is 0. The molecule has 19 heavy (non-hydrogen) atoms. The second-order valence-corrected chi connectivity index (χ2v) is 4.29. The van der Waals surface area contributed by atoms with Crippen LogP contribution in [0.4, 0.5) is 13.2 Å². The van der Waals surface area contributed by atoms with Crippen LogP contribution < -0.4 is 0 Å². The number of rotatable bonds is 5. The Morgan fingerprint density at radius 1 is 1.11 bits per heavy atom. The number of carbonyl (C=O) groups is 2. The van der Waals surface area contributed by atoms with Crippen LogP contribution in [0.2, 0.25) is 0 Å². The molecule has 0 amide bonds. The van der Waals surface area contributed by atoms with E-state index in [2.05, 4.69) is 9.47 Å². The lowest BCUT2D eigenvalue weighted by Crippen LogP contribution is -2.60. The van der Waals surface area contributed by atoms with Gasteiger partial charge in [-0.15, -0.1) is 0 Å². The number of carbonyl (C=O) groups excluding carboxylic acids is 2. The summed E-state index contributed by atoms with van der Waals surface area (Å²) in [5, 5.41) is 9.40. The molecule has 0 fully saturated rings. The van der Waals surface area contributed by atoms with Crippen LogP contribution >= 0.6 is 0 Å². The van der Waals surface area contributed by atoms with Gasteiger partial charge in [-0.2, -0.15) is 13.2 Å². The molecule has 0 saturated carbocycles. The van der Waals surface area contributed by atoms with Gasteiger partial charge in [-0.1, -0.05) is 6.92 Å². The molecule has 1 N–H and O–H groups in total. The molecule has 0 radical (unpaired) electrons. The maximum absolute atomic E-state index is 12.8. The van der Waals surface area contributed by atoms with Gasteiger partial charge < -0.3 is 14.6 Å². The lowest BCUT2D eigenvalue weighted by atomic mass is 10.0. The number of hydrogen-bond donors (Lipinski definition) is 1. The van der Waals surface area contributed by atoms with Crippen molar-refractivity contribution < 1.29 is 37.3 Å². The Balaban J connectivity index is 5.31. The molecule has 0 rings (SSSR count). The molecule has 0 saturated heterocycles. The Bertz CT molecular complexity index is 340. The predicted octanol–water partition coefficient (Wildman–Crippen LogP) is 1.57. The van der Waals surface area contributed by atoms with E-state index >= 15 is 0 Å². The first-order chi connectivity index (χ1) is 8.46. The standard InChI is InChI=1S/C11H17F3O5/c1-5-7(4)19-9(16)10(17,11(12,13)14)8(15)18-6(2)3/h6-7,17H,5H2,1-4H3. The highest BCUT2D eigenvalue weighted by Crippen LogP contribution is 2.33. The number of alkyl halides is 3. The minimum Gasteiger partial charge on any atom is -0.460 e. The van der Waals surface area contributed by atoms with E-state index in [4.69, 9.17) is 0 Å². The van der Waals surface area contributed by atoms with E-state index in [-0.39, 0.29) is 6.42 Å². The molecule has 0 heterocycles. The Hall–Kier alpha value is -1.31. The normalized spacial score (nSPS) is 16.7. The van der Waals surface area contributed by atoms with Crippen molar-refractivity contribution in [3.05, 3.63) is 0 Å². The number of halogens is 3. The van der Waals surface area contributed by atoms with Crippen molar-refractivity contribution in [1.82, 2.24) is 0 Å². The molecule has 0 aliphatic heterocycles.